The summed E-state index contributed by atoms with van der Waals surface area (Å²) in [5.74, 6) is -2.62. The molecule has 2 atom stereocenters. The Morgan fingerprint density at radius 3 is 2.52 bits per heavy atom. The maximum atomic E-state index is 15.6. The number of ether oxygens (including phenoxy) is 2. The molecule has 156 valence electrons. The maximum Gasteiger partial charge on any atom is 0.511 e. The van der Waals surface area contributed by atoms with Crippen LogP contribution < -0.4 is 26.5 Å². The van der Waals surface area contributed by atoms with Crippen LogP contribution in [0.4, 0.5) is 25.0 Å². The second-order valence-corrected chi connectivity index (χ2v) is 7.45. The van der Waals surface area contributed by atoms with Crippen LogP contribution in [0.2, 0.25) is 0 Å². The summed E-state index contributed by atoms with van der Waals surface area (Å²) in [5, 5.41) is 8.42. The zero-order valence-corrected chi connectivity index (χ0v) is 15.5. The van der Waals surface area contributed by atoms with Crippen molar-refractivity contribution in [1.82, 2.24) is 4.57 Å². The molecule has 2 saturated heterocycles. The van der Waals surface area contributed by atoms with Gasteiger partial charge >= 0.3 is 6.16 Å². The molecule has 2 aromatic rings. The van der Waals surface area contributed by atoms with Gasteiger partial charge in [0.2, 0.25) is 5.43 Å². The molecule has 0 aliphatic carbocycles. The van der Waals surface area contributed by atoms with Crippen molar-refractivity contribution >= 4 is 28.4 Å². The first kappa shape index (κ1) is 19.4. The quantitative estimate of drug-likeness (QED) is 0.509. The third kappa shape index (κ3) is 2.97. The summed E-state index contributed by atoms with van der Waals surface area (Å²) >= 11 is 0. The number of pyridine rings is 1. The average Bonchev–Trinajstić information content (AvgIpc) is 2.92. The Labute approximate surface area is 163 Å². The van der Waals surface area contributed by atoms with Crippen LogP contribution >= 0.6 is 0 Å². The zero-order valence-electron chi connectivity index (χ0n) is 15.5. The average molecular weight is 410 g/mol. The number of halogens is 2. The van der Waals surface area contributed by atoms with Gasteiger partial charge < -0.3 is 35.5 Å². The van der Waals surface area contributed by atoms with E-state index in [1.807, 2.05) is 6.92 Å². The molecule has 2 fully saturated rings. The topological polar surface area (TPSA) is 133 Å². The highest BCUT2D eigenvalue weighted by molar-refractivity contribution is 5.96. The summed E-state index contributed by atoms with van der Waals surface area (Å²) < 4.78 is 41.7. The van der Waals surface area contributed by atoms with E-state index in [4.69, 9.17) is 21.3 Å². The number of nitrogens with zero attached hydrogens (tertiary/aromatic N) is 2. The number of hydrogen-bond acceptors (Lipinski definition) is 7. The fraction of sp³-hybridized carbons (Fsp3) is 0.444. The highest BCUT2D eigenvalue weighted by atomic mass is 19.1. The molecule has 1 aromatic carbocycles. The number of hydrogen-bond donors (Lipinski definition) is 3. The van der Waals surface area contributed by atoms with Crippen molar-refractivity contribution in [3.8, 4) is 5.75 Å². The van der Waals surface area contributed by atoms with Crippen LogP contribution in [0.1, 0.15) is 13.0 Å². The van der Waals surface area contributed by atoms with Gasteiger partial charge in [-0.2, -0.15) is 0 Å². The van der Waals surface area contributed by atoms with Crippen LogP contribution in [0.3, 0.4) is 0 Å². The number of nitrogen functional groups attached to an aromatic ring is 1. The van der Waals surface area contributed by atoms with Gasteiger partial charge in [-0.05, 0) is 5.92 Å². The third-order valence-corrected chi connectivity index (χ3v) is 5.53. The minimum atomic E-state index is -1.73. The van der Waals surface area contributed by atoms with Crippen LogP contribution in [0.15, 0.2) is 11.0 Å². The third-order valence-electron chi connectivity index (χ3n) is 5.53. The van der Waals surface area contributed by atoms with Crippen LogP contribution in [0.5, 0.6) is 5.75 Å². The molecule has 4 rings (SSSR count). The first-order chi connectivity index (χ1) is 13.7. The highest BCUT2D eigenvalue weighted by Crippen LogP contribution is 2.39. The lowest BCUT2D eigenvalue weighted by molar-refractivity contribution is -0.0219. The van der Waals surface area contributed by atoms with E-state index >= 15 is 8.78 Å². The van der Waals surface area contributed by atoms with E-state index in [0.717, 1.165) is 6.20 Å². The Bertz CT molecular complexity index is 1060. The summed E-state index contributed by atoms with van der Waals surface area (Å²) in [6, 6.07) is -0.652. The minimum absolute atomic E-state index is 0.0132. The number of carboxylic acid groups (broad SMARTS) is 1. The minimum Gasteiger partial charge on any atom is -0.449 e. The predicted molar refractivity (Wildman–Crippen MR) is 100 cm³/mol. The zero-order chi connectivity index (χ0) is 21.0. The van der Waals surface area contributed by atoms with Crippen molar-refractivity contribution in [1.29, 1.82) is 0 Å². The van der Waals surface area contributed by atoms with E-state index in [9.17, 15) is 9.59 Å². The highest BCUT2D eigenvalue weighted by Gasteiger charge is 2.35. The van der Waals surface area contributed by atoms with Crippen molar-refractivity contribution in [2.24, 2.45) is 11.7 Å². The number of nitrogens with two attached hydrogens (primary N) is 2. The van der Waals surface area contributed by atoms with Crippen molar-refractivity contribution in [2.45, 2.75) is 19.0 Å². The predicted octanol–water partition coefficient (Wildman–Crippen LogP) is 1.27. The Hall–Kier alpha value is -2.92. The second-order valence-electron chi connectivity index (χ2n) is 7.45. The number of benzene rings is 1. The van der Waals surface area contributed by atoms with Crippen LogP contribution in [0.25, 0.3) is 10.9 Å². The summed E-state index contributed by atoms with van der Waals surface area (Å²) in [6.45, 7) is 2.86. The molecular formula is C18H20F2N4O5. The van der Waals surface area contributed by atoms with Gasteiger partial charge in [-0.1, -0.05) is 6.92 Å². The fourth-order valence-corrected chi connectivity index (χ4v) is 3.82. The molecule has 0 bridgehead atoms. The lowest BCUT2D eigenvalue weighted by atomic mass is 10.1. The van der Waals surface area contributed by atoms with E-state index in [2.05, 4.69) is 4.74 Å². The van der Waals surface area contributed by atoms with Gasteiger partial charge in [0.1, 0.15) is 5.69 Å². The van der Waals surface area contributed by atoms with E-state index < -0.39 is 40.0 Å². The number of aromatic nitrogens is 1. The van der Waals surface area contributed by atoms with E-state index in [1.165, 1.54) is 9.47 Å². The van der Waals surface area contributed by atoms with Gasteiger partial charge in [-0.3, -0.25) is 4.79 Å². The first-order valence-electron chi connectivity index (χ1n) is 9.05. The smallest absolute Gasteiger partial charge is 0.449 e. The van der Waals surface area contributed by atoms with Crippen LogP contribution in [-0.2, 0) is 4.74 Å². The van der Waals surface area contributed by atoms with E-state index in [1.54, 1.807) is 0 Å². The molecule has 2 unspecified atom stereocenters. The normalized spacial score (nSPS) is 22.1. The molecule has 29 heavy (non-hydrogen) atoms. The summed E-state index contributed by atoms with van der Waals surface area (Å²) in [6.07, 6.45) is -0.636. The summed E-state index contributed by atoms with van der Waals surface area (Å²) in [4.78, 5) is 25.1. The van der Waals surface area contributed by atoms with Crippen LogP contribution in [0, 0.1) is 17.6 Å². The molecule has 1 aromatic heterocycles. The maximum absolute atomic E-state index is 15.6. The van der Waals surface area contributed by atoms with Gasteiger partial charge in [0.15, 0.2) is 17.4 Å². The molecule has 0 spiro atoms. The number of fused-ring (bicyclic) bond motifs is 1. The molecule has 2 aliphatic rings. The molecule has 0 amide bonds. The molecule has 0 saturated carbocycles. The van der Waals surface area contributed by atoms with Gasteiger partial charge in [-0.25, -0.2) is 13.6 Å². The SMILES string of the molecule is CC1CN(c2c(F)c(N)c3c(=O)c(OC(=O)O)cn(C4COC4)c3c2F)CC1N. The van der Waals surface area contributed by atoms with Gasteiger partial charge in [0.25, 0.3) is 0 Å². The lowest BCUT2D eigenvalue weighted by Crippen LogP contribution is -2.33. The Balaban J connectivity index is 2.02. The summed E-state index contributed by atoms with van der Waals surface area (Å²) in [7, 11) is 0. The molecular weight excluding hydrogens is 390 g/mol. The number of carbonyl (C=O) groups is 1. The van der Waals surface area contributed by atoms with Crippen molar-refractivity contribution in [3.05, 3.63) is 28.1 Å². The lowest BCUT2D eigenvalue weighted by Gasteiger charge is -2.31. The Morgan fingerprint density at radius 2 is 2.00 bits per heavy atom. The first-order valence-corrected chi connectivity index (χ1v) is 9.05. The van der Waals surface area contributed by atoms with E-state index in [0.29, 0.717) is 6.54 Å². The standard InChI is InChI=1S/C18H20F2N4O5/c1-7-2-23(3-9(7)21)16-12(19)14(22)11-15(13(16)20)24(8-5-28-6-8)4-10(17(11)25)29-18(26)27/h4,7-9H,2-3,5-6,21-22H2,1H3,(H,26,27). The largest absolute Gasteiger partial charge is 0.511 e. The Morgan fingerprint density at radius 1 is 1.31 bits per heavy atom. The van der Waals surface area contributed by atoms with Crippen molar-refractivity contribution in [2.75, 3.05) is 36.9 Å². The molecule has 5 N–H and O–H groups in total. The second kappa shape index (κ2) is 6.85. The van der Waals surface area contributed by atoms with Crippen molar-refractivity contribution in [3.63, 3.8) is 0 Å². The molecule has 3 heterocycles. The number of rotatable bonds is 3. The Kier molecular flexibility index (Phi) is 4.58. The van der Waals surface area contributed by atoms with Crippen LogP contribution in [-0.4, -0.2) is 48.2 Å². The number of anilines is 2. The monoisotopic (exact) mass is 410 g/mol. The molecule has 0 radical (unpaired) electrons. The van der Waals surface area contributed by atoms with Gasteiger partial charge in [-0.15, -0.1) is 0 Å². The van der Waals surface area contributed by atoms with E-state index in [-0.39, 0.29) is 49.0 Å². The molecule has 9 nitrogen and oxygen atoms in total. The molecule has 2 aliphatic heterocycles. The fourth-order valence-electron chi connectivity index (χ4n) is 3.82. The summed E-state index contributed by atoms with van der Waals surface area (Å²) in [5.41, 5.74) is 9.75. The molecule has 11 heteroatoms. The van der Waals surface area contributed by atoms with Gasteiger partial charge in [0.05, 0.1) is 42.0 Å². The van der Waals surface area contributed by atoms with Crippen molar-refractivity contribution < 1.29 is 28.2 Å². The van der Waals surface area contributed by atoms with Gasteiger partial charge in [0, 0.05) is 19.1 Å².